The quantitative estimate of drug-likeness (QED) is 0.424. The number of methoxy groups -OCH3 is 1. The lowest BCUT2D eigenvalue weighted by Gasteiger charge is -2.18. The molecule has 0 bridgehead atoms. The van der Waals surface area contributed by atoms with Crippen LogP contribution in [-0.2, 0) is 11.3 Å². The van der Waals surface area contributed by atoms with Crippen molar-refractivity contribution in [3.63, 3.8) is 0 Å². The van der Waals surface area contributed by atoms with Crippen molar-refractivity contribution < 1.29 is 9.53 Å². The number of imidazole rings is 1. The van der Waals surface area contributed by atoms with E-state index in [-0.39, 0.29) is 11.8 Å². The van der Waals surface area contributed by atoms with Crippen molar-refractivity contribution in [2.45, 2.75) is 18.9 Å². The van der Waals surface area contributed by atoms with E-state index in [0.717, 1.165) is 28.3 Å². The Bertz CT molecular complexity index is 1280. The molecule has 1 amide bonds. The SMILES string of the molecule is COc1cccc(N2C[C@@H](c3nc4ccccc4n3C/C=C/c3ccccc3)CC2=O)c1. The van der Waals surface area contributed by atoms with Gasteiger partial charge in [0.05, 0.1) is 18.1 Å². The minimum atomic E-state index is 0.0335. The molecule has 5 heteroatoms. The normalized spacial score (nSPS) is 16.3. The third kappa shape index (κ3) is 3.89. The van der Waals surface area contributed by atoms with Crippen LogP contribution in [0.15, 0.2) is 84.9 Å². The second-order valence-corrected chi connectivity index (χ2v) is 7.99. The first kappa shape index (κ1) is 20.1. The van der Waals surface area contributed by atoms with E-state index < -0.39 is 0 Å². The molecule has 0 unspecified atom stereocenters. The Morgan fingerprint density at radius 1 is 1.03 bits per heavy atom. The van der Waals surface area contributed by atoms with E-state index in [1.807, 2.05) is 65.6 Å². The molecule has 1 aliphatic heterocycles. The van der Waals surface area contributed by atoms with Gasteiger partial charge in [-0.25, -0.2) is 4.98 Å². The molecule has 1 aromatic heterocycles. The van der Waals surface area contributed by atoms with Crippen LogP contribution in [0.5, 0.6) is 5.75 Å². The van der Waals surface area contributed by atoms with Gasteiger partial charge in [0.2, 0.25) is 5.91 Å². The summed E-state index contributed by atoms with van der Waals surface area (Å²) in [5, 5.41) is 0. The second kappa shape index (κ2) is 8.71. The highest BCUT2D eigenvalue weighted by Gasteiger charge is 2.34. The fourth-order valence-corrected chi connectivity index (χ4v) is 4.36. The Morgan fingerprint density at radius 3 is 2.69 bits per heavy atom. The van der Waals surface area contributed by atoms with Crippen LogP contribution < -0.4 is 9.64 Å². The molecule has 2 heterocycles. The molecule has 0 aliphatic carbocycles. The highest BCUT2D eigenvalue weighted by Crippen LogP contribution is 2.34. The van der Waals surface area contributed by atoms with E-state index in [4.69, 9.17) is 9.72 Å². The average Bonchev–Trinajstić information content (AvgIpc) is 3.40. The molecular formula is C27H25N3O2. The third-order valence-corrected chi connectivity index (χ3v) is 5.94. The summed E-state index contributed by atoms with van der Waals surface area (Å²) in [7, 11) is 1.64. The smallest absolute Gasteiger partial charge is 0.227 e. The summed E-state index contributed by atoms with van der Waals surface area (Å²) in [6, 6.07) is 26.1. The molecule has 32 heavy (non-hydrogen) atoms. The van der Waals surface area contributed by atoms with Crippen molar-refractivity contribution in [1.29, 1.82) is 0 Å². The number of nitrogens with zero attached hydrogens (tertiary/aromatic N) is 3. The summed E-state index contributed by atoms with van der Waals surface area (Å²) in [4.78, 5) is 19.7. The van der Waals surface area contributed by atoms with Gasteiger partial charge < -0.3 is 14.2 Å². The minimum absolute atomic E-state index is 0.0335. The van der Waals surface area contributed by atoms with Gasteiger partial charge in [-0.05, 0) is 29.8 Å². The molecular weight excluding hydrogens is 398 g/mol. The fraction of sp³-hybridized carbons (Fsp3) is 0.185. The Hall–Kier alpha value is -3.86. The van der Waals surface area contributed by atoms with E-state index in [1.54, 1.807) is 7.11 Å². The van der Waals surface area contributed by atoms with Crippen molar-refractivity contribution in [2.75, 3.05) is 18.6 Å². The van der Waals surface area contributed by atoms with Gasteiger partial charge in [0.1, 0.15) is 11.6 Å². The predicted octanol–water partition coefficient (Wildman–Crippen LogP) is 5.28. The van der Waals surface area contributed by atoms with Crippen LogP contribution in [0.25, 0.3) is 17.1 Å². The van der Waals surface area contributed by atoms with Crippen molar-refractivity contribution in [3.05, 3.63) is 96.3 Å². The first-order chi connectivity index (χ1) is 15.7. The molecule has 0 radical (unpaired) electrons. The zero-order valence-corrected chi connectivity index (χ0v) is 18.0. The average molecular weight is 424 g/mol. The van der Waals surface area contributed by atoms with E-state index >= 15 is 0 Å². The second-order valence-electron chi connectivity index (χ2n) is 7.99. The van der Waals surface area contributed by atoms with Gasteiger partial charge in [0.25, 0.3) is 0 Å². The molecule has 1 saturated heterocycles. The van der Waals surface area contributed by atoms with E-state index in [1.165, 1.54) is 5.56 Å². The largest absolute Gasteiger partial charge is 0.497 e. The number of fused-ring (bicyclic) bond motifs is 1. The number of aromatic nitrogens is 2. The third-order valence-electron chi connectivity index (χ3n) is 5.94. The van der Waals surface area contributed by atoms with Gasteiger partial charge >= 0.3 is 0 Å². The maximum absolute atomic E-state index is 12.9. The van der Waals surface area contributed by atoms with Gasteiger partial charge in [-0.3, -0.25) is 4.79 Å². The lowest BCUT2D eigenvalue weighted by molar-refractivity contribution is -0.117. The van der Waals surface area contributed by atoms with Gasteiger partial charge in [0, 0.05) is 37.2 Å². The van der Waals surface area contributed by atoms with Gasteiger partial charge in [-0.15, -0.1) is 0 Å². The van der Waals surface area contributed by atoms with Crippen molar-refractivity contribution in [2.24, 2.45) is 0 Å². The van der Waals surface area contributed by atoms with Crippen LogP contribution in [0, 0.1) is 0 Å². The number of ether oxygens (including phenoxy) is 1. The number of hydrogen-bond acceptors (Lipinski definition) is 3. The lowest BCUT2D eigenvalue weighted by Crippen LogP contribution is -2.24. The number of amides is 1. The molecule has 0 saturated carbocycles. The zero-order valence-electron chi connectivity index (χ0n) is 18.0. The van der Waals surface area contributed by atoms with E-state index in [2.05, 4.69) is 34.9 Å². The zero-order chi connectivity index (χ0) is 21.9. The maximum Gasteiger partial charge on any atom is 0.227 e. The minimum Gasteiger partial charge on any atom is -0.497 e. The molecule has 4 aromatic rings. The molecule has 0 N–H and O–H groups in total. The van der Waals surface area contributed by atoms with Crippen molar-refractivity contribution in [3.8, 4) is 5.75 Å². The van der Waals surface area contributed by atoms with Crippen molar-refractivity contribution in [1.82, 2.24) is 9.55 Å². The number of hydrogen-bond donors (Lipinski definition) is 0. The molecule has 160 valence electrons. The molecule has 1 fully saturated rings. The van der Waals surface area contributed by atoms with Gasteiger partial charge in [0.15, 0.2) is 0 Å². The maximum atomic E-state index is 12.9. The van der Waals surface area contributed by atoms with Gasteiger partial charge in [-0.2, -0.15) is 0 Å². The number of carbonyl (C=O) groups is 1. The van der Waals surface area contributed by atoms with E-state index in [9.17, 15) is 4.79 Å². The lowest BCUT2D eigenvalue weighted by atomic mass is 10.1. The number of benzene rings is 3. The number of anilines is 1. The number of carbonyl (C=O) groups excluding carboxylic acids is 1. The van der Waals surface area contributed by atoms with Crippen LogP contribution in [0.2, 0.25) is 0 Å². The summed E-state index contributed by atoms with van der Waals surface area (Å²) >= 11 is 0. The summed E-state index contributed by atoms with van der Waals surface area (Å²) in [6.07, 6.45) is 4.73. The molecule has 0 spiro atoms. The number of rotatable bonds is 6. The van der Waals surface area contributed by atoms with E-state index in [0.29, 0.717) is 19.5 Å². The van der Waals surface area contributed by atoms with Gasteiger partial charge in [-0.1, -0.05) is 60.7 Å². The predicted molar refractivity (Wildman–Crippen MR) is 128 cm³/mol. The summed E-state index contributed by atoms with van der Waals surface area (Å²) in [6.45, 7) is 1.31. The molecule has 1 atom stereocenters. The van der Waals surface area contributed by atoms with Crippen LogP contribution in [0.4, 0.5) is 5.69 Å². The van der Waals surface area contributed by atoms with Crippen LogP contribution in [0.3, 0.4) is 0 Å². The standard InChI is InChI=1S/C27H25N3O2/c1-32-23-13-7-12-22(18-23)30-19-21(17-26(30)31)27-28-24-14-5-6-15-25(24)29(27)16-8-11-20-9-3-2-4-10-20/h2-15,18,21H,16-17,19H2,1H3/b11-8+/t21-/m0/s1. The molecule has 5 nitrogen and oxygen atoms in total. The highest BCUT2D eigenvalue weighted by molar-refractivity contribution is 5.96. The summed E-state index contributed by atoms with van der Waals surface area (Å²) in [5.41, 5.74) is 4.08. The topological polar surface area (TPSA) is 47.4 Å². The Labute approximate surface area is 187 Å². The molecule has 1 aliphatic rings. The first-order valence-electron chi connectivity index (χ1n) is 10.8. The Morgan fingerprint density at radius 2 is 1.84 bits per heavy atom. The van der Waals surface area contributed by atoms with Crippen LogP contribution >= 0.6 is 0 Å². The summed E-state index contributed by atoms with van der Waals surface area (Å²) in [5.74, 6) is 1.85. The Balaban J connectivity index is 1.45. The monoisotopic (exact) mass is 423 g/mol. The van der Waals surface area contributed by atoms with Crippen LogP contribution in [0.1, 0.15) is 23.7 Å². The highest BCUT2D eigenvalue weighted by atomic mass is 16.5. The molecule has 3 aromatic carbocycles. The first-order valence-corrected chi connectivity index (χ1v) is 10.8. The number of allylic oxidation sites excluding steroid dienone is 1. The Kier molecular flexibility index (Phi) is 5.46. The summed E-state index contributed by atoms with van der Waals surface area (Å²) < 4.78 is 7.58. The fourth-order valence-electron chi connectivity index (χ4n) is 4.36. The molecule has 5 rings (SSSR count). The van der Waals surface area contributed by atoms with Crippen molar-refractivity contribution >= 4 is 28.7 Å². The van der Waals surface area contributed by atoms with Crippen LogP contribution in [-0.4, -0.2) is 29.1 Å². The number of para-hydroxylation sites is 2.